The Kier molecular flexibility index (Phi) is 9.69. The third kappa shape index (κ3) is 7.17. The fourth-order valence-electron chi connectivity index (χ4n) is 4.69. The van der Waals surface area contributed by atoms with Gasteiger partial charge in [-0.15, -0.1) is 0 Å². The molecular formula is C34H44N2O5Si. The lowest BCUT2D eigenvalue weighted by Crippen LogP contribution is -2.49. The molecule has 3 aromatic carbocycles. The lowest BCUT2D eigenvalue weighted by molar-refractivity contribution is 0.0627. The molecule has 0 spiro atoms. The minimum Gasteiger partial charge on any atom is -0.497 e. The van der Waals surface area contributed by atoms with Gasteiger partial charge >= 0.3 is 0 Å². The molecule has 4 rings (SSSR count). The third-order valence-electron chi connectivity index (χ3n) is 8.40. The number of methoxy groups -OCH3 is 2. The maximum absolute atomic E-state index is 14.1. The summed E-state index contributed by atoms with van der Waals surface area (Å²) in [5, 5.41) is 0.0541. The molecule has 0 aliphatic carbocycles. The zero-order valence-corrected chi connectivity index (χ0v) is 26.9. The van der Waals surface area contributed by atoms with Crippen LogP contribution in [-0.2, 0) is 11.0 Å². The number of nitrogens with two attached hydrogens (primary N) is 1. The molecule has 0 saturated carbocycles. The molecule has 3 aromatic rings. The smallest absolute Gasteiger partial charge is 0.256 e. The monoisotopic (exact) mass is 588 g/mol. The van der Waals surface area contributed by atoms with Crippen LogP contribution in [0.2, 0.25) is 18.1 Å². The number of benzene rings is 3. The average molecular weight is 589 g/mol. The third-order valence-corrected chi connectivity index (χ3v) is 12.9. The van der Waals surface area contributed by atoms with E-state index in [2.05, 4.69) is 52.1 Å². The van der Waals surface area contributed by atoms with Crippen molar-refractivity contribution in [2.24, 2.45) is 0 Å². The second kappa shape index (κ2) is 13.0. The Hall–Kier alpha value is -3.75. The van der Waals surface area contributed by atoms with Crippen LogP contribution in [0.15, 0.2) is 72.8 Å². The van der Waals surface area contributed by atoms with Gasteiger partial charge in [0, 0.05) is 18.3 Å². The van der Waals surface area contributed by atoms with Gasteiger partial charge in [0.25, 0.3) is 5.91 Å². The maximum atomic E-state index is 14.1. The number of nitrogens with zero attached hydrogens (tertiary/aromatic N) is 1. The SMILES string of the molecule is COc1ccc(C2=CCN(C(=O)c3cc(OC)c(OCc4ccccc4)cc3N)C(CO[Si](C)(C)C(C)(C)C)C2)cc1. The molecule has 1 unspecified atom stereocenters. The van der Waals surface area contributed by atoms with Crippen molar-refractivity contribution in [3.63, 3.8) is 0 Å². The molecule has 1 aliphatic rings. The van der Waals surface area contributed by atoms with Gasteiger partial charge in [-0.3, -0.25) is 4.79 Å². The van der Waals surface area contributed by atoms with E-state index in [1.807, 2.05) is 47.4 Å². The first-order valence-corrected chi connectivity index (χ1v) is 17.3. The van der Waals surface area contributed by atoms with Crippen LogP contribution in [-0.4, -0.2) is 52.5 Å². The van der Waals surface area contributed by atoms with Crippen molar-refractivity contribution in [1.29, 1.82) is 0 Å². The van der Waals surface area contributed by atoms with Crippen LogP contribution in [0, 0.1) is 0 Å². The molecule has 0 radical (unpaired) electrons. The highest BCUT2D eigenvalue weighted by molar-refractivity contribution is 6.74. The molecule has 1 amide bonds. The van der Waals surface area contributed by atoms with Gasteiger partial charge in [0.2, 0.25) is 0 Å². The molecule has 0 saturated heterocycles. The Labute approximate surface area is 251 Å². The van der Waals surface area contributed by atoms with E-state index in [4.69, 9.17) is 24.4 Å². The molecule has 1 atom stereocenters. The molecule has 1 aliphatic heterocycles. The second-order valence-electron chi connectivity index (χ2n) is 12.2. The van der Waals surface area contributed by atoms with E-state index in [9.17, 15) is 4.79 Å². The van der Waals surface area contributed by atoms with Crippen molar-refractivity contribution in [3.05, 3.63) is 89.5 Å². The Balaban J connectivity index is 1.61. The summed E-state index contributed by atoms with van der Waals surface area (Å²) < 4.78 is 23.6. The Morgan fingerprint density at radius 2 is 1.67 bits per heavy atom. The van der Waals surface area contributed by atoms with Gasteiger partial charge in [0.1, 0.15) is 12.4 Å². The number of carbonyl (C=O) groups is 1. The van der Waals surface area contributed by atoms with Crippen molar-refractivity contribution >= 4 is 25.5 Å². The quantitative estimate of drug-likeness (QED) is 0.199. The van der Waals surface area contributed by atoms with E-state index >= 15 is 0 Å². The van der Waals surface area contributed by atoms with Crippen LogP contribution >= 0.6 is 0 Å². The lowest BCUT2D eigenvalue weighted by atomic mass is 9.93. The van der Waals surface area contributed by atoms with E-state index in [1.165, 1.54) is 5.57 Å². The zero-order chi connectivity index (χ0) is 30.5. The summed E-state index contributed by atoms with van der Waals surface area (Å²) in [6.07, 6.45) is 2.79. The zero-order valence-electron chi connectivity index (χ0n) is 25.9. The Morgan fingerprint density at radius 3 is 2.29 bits per heavy atom. The van der Waals surface area contributed by atoms with Crippen LogP contribution in [0.25, 0.3) is 5.57 Å². The highest BCUT2D eigenvalue weighted by atomic mass is 28.4. The van der Waals surface area contributed by atoms with Crippen LogP contribution in [0.4, 0.5) is 5.69 Å². The molecule has 0 aromatic heterocycles. The molecule has 42 heavy (non-hydrogen) atoms. The molecule has 7 nitrogen and oxygen atoms in total. The fraction of sp³-hybridized carbons (Fsp3) is 0.382. The van der Waals surface area contributed by atoms with E-state index < -0.39 is 8.32 Å². The lowest BCUT2D eigenvalue weighted by Gasteiger charge is -2.41. The second-order valence-corrected chi connectivity index (χ2v) is 17.0. The fourth-order valence-corrected chi connectivity index (χ4v) is 5.73. The molecule has 0 bridgehead atoms. The predicted octanol–water partition coefficient (Wildman–Crippen LogP) is 7.18. The average Bonchev–Trinajstić information content (AvgIpc) is 2.98. The summed E-state index contributed by atoms with van der Waals surface area (Å²) in [5.74, 6) is 1.61. The van der Waals surface area contributed by atoms with Crippen molar-refractivity contribution in [2.75, 3.05) is 33.1 Å². The normalized spacial score (nSPS) is 15.6. The number of hydrogen-bond acceptors (Lipinski definition) is 6. The first-order chi connectivity index (χ1) is 19.9. The summed E-state index contributed by atoms with van der Waals surface area (Å²) in [7, 11) is 1.18. The van der Waals surface area contributed by atoms with Crippen molar-refractivity contribution in [2.45, 2.75) is 58.0 Å². The Bertz CT molecular complexity index is 1400. The van der Waals surface area contributed by atoms with E-state index in [0.29, 0.717) is 48.9 Å². The van der Waals surface area contributed by atoms with Crippen molar-refractivity contribution in [1.82, 2.24) is 4.90 Å². The standard InChI is InChI=1S/C34H44N2O5Si/c1-34(2,3)42(6,7)41-23-27-19-26(25-13-15-28(38-4)16-14-25)17-18-36(27)33(37)29-20-31(39-5)32(21-30(29)35)40-22-24-11-9-8-10-12-24/h8-17,20-21,27H,18-19,22-23,35H2,1-7H3. The van der Waals surface area contributed by atoms with Crippen LogP contribution in [0.3, 0.4) is 0 Å². The van der Waals surface area contributed by atoms with Gasteiger partial charge in [0.15, 0.2) is 19.8 Å². The van der Waals surface area contributed by atoms with Crippen LogP contribution < -0.4 is 19.9 Å². The number of carbonyl (C=O) groups excluding carboxylic acids is 1. The van der Waals surface area contributed by atoms with E-state index in [0.717, 1.165) is 16.9 Å². The minimum absolute atomic E-state index is 0.0541. The van der Waals surface area contributed by atoms with E-state index in [-0.39, 0.29) is 17.0 Å². The first kappa shape index (κ1) is 31.2. The molecule has 224 valence electrons. The summed E-state index contributed by atoms with van der Waals surface area (Å²) in [5.41, 5.74) is 10.5. The molecule has 2 N–H and O–H groups in total. The largest absolute Gasteiger partial charge is 0.497 e. The molecule has 8 heteroatoms. The molecular weight excluding hydrogens is 544 g/mol. The summed E-state index contributed by atoms with van der Waals surface area (Å²) in [6.45, 7) is 12.4. The first-order valence-electron chi connectivity index (χ1n) is 14.4. The predicted molar refractivity (Wildman–Crippen MR) is 172 cm³/mol. The number of amides is 1. The number of nitrogen functional groups attached to an aromatic ring is 1. The topological polar surface area (TPSA) is 83.2 Å². The van der Waals surface area contributed by atoms with Gasteiger partial charge in [0.05, 0.1) is 32.4 Å². The highest BCUT2D eigenvalue weighted by Crippen LogP contribution is 2.39. The summed E-state index contributed by atoms with van der Waals surface area (Å²) in [4.78, 5) is 16.0. The van der Waals surface area contributed by atoms with Crippen molar-refractivity contribution in [3.8, 4) is 17.2 Å². The van der Waals surface area contributed by atoms with Gasteiger partial charge in [-0.2, -0.15) is 0 Å². The van der Waals surface area contributed by atoms with Gasteiger partial charge in [-0.1, -0.05) is 69.3 Å². The van der Waals surface area contributed by atoms with Crippen molar-refractivity contribution < 1.29 is 23.4 Å². The maximum Gasteiger partial charge on any atom is 0.256 e. The molecule has 1 heterocycles. The van der Waals surface area contributed by atoms with Gasteiger partial charge in [-0.05, 0) is 59.5 Å². The number of anilines is 1. The number of hydrogen-bond donors (Lipinski definition) is 1. The summed E-state index contributed by atoms with van der Waals surface area (Å²) in [6, 6.07) is 21.1. The van der Waals surface area contributed by atoms with Gasteiger partial charge in [-0.25, -0.2) is 0 Å². The van der Waals surface area contributed by atoms with Crippen LogP contribution in [0.5, 0.6) is 17.2 Å². The number of rotatable bonds is 10. The van der Waals surface area contributed by atoms with E-state index in [1.54, 1.807) is 26.4 Å². The van der Waals surface area contributed by atoms with Crippen LogP contribution in [0.1, 0.15) is 48.7 Å². The minimum atomic E-state index is -2.05. The molecule has 0 fully saturated rings. The Morgan fingerprint density at radius 1 is 0.976 bits per heavy atom. The number of ether oxygens (including phenoxy) is 3. The highest BCUT2D eigenvalue weighted by Gasteiger charge is 2.39. The van der Waals surface area contributed by atoms with Gasteiger partial charge < -0.3 is 29.3 Å². The summed E-state index contributed by atoms with van der Waals surface area (Å²) >= 11 is 0.